The molecule has 0 fully saturated rings. The molecule has 0 aromatic heterocycles. The van der Waals surface area contributed by atoms with Gasteiger partial charge in [0.2, 0.25) is 0 Å². The first kappa shape index (κ1) is 20.5. The molecule has 2 aromatic rings. The highest BCUT2D eigenvalue weighted by atomic mass is 35.5. The summed E-state index contributed by atoms with van der Waals surface area (Å²) in [7, 11) is 1.58. The topological polar surface area (TPSA) is 33.3 Å². The third-order valence-electron chi connectivity index (χ3n) is 3.21. The summed E-state index contributed by atoms with van der Waals surface area (Å²) >= 11 is 25.2. The lowest BCUT2D eigenvalue weighted by molar-refractivity contribution is 0.415. The van der Waals surface area contributed by atoms with Crippen molar-refractivity contribution in [1.29, 1.82) is 0 Å². The Morgan fingerprint density at radius 1 is 1.12 bits per heavy atom. The molecule has 0 radical (unpaired) electrons. The van der Waals surface area contributed by atoms with Crippen LogP contribution in [0.5, 0.6) is 5.75 Å². The fourth-order valence-electron chi connectivity index (χ4n) is 1.98. The van der Waals surface area contributed by atoms with Crippen molar-refractivity contribution in [3.8, 4) is 5.75 Å². The molecule has 0 aliphatic rings. The van der Waals surface area contributed by atoms with Crippen molar-refractivity contribution in [1.82, 2.24) is 5.32 Å². The Hall–Kier alpha value is -0.850. The summed E-state index contributed by atoms with van der Waals surface area (Å²) in [6, 6.07) is 11.0. The monoisotopic (exact) mass is 434 g/mol. The van der Waals surface area contributed by atoms with Crippen LogP contribution in [0.1, 0.15) is 5.56 Å². The average Bonchev–Trinajstić information content (AvgIpc) is 2.56. The second kappa shape index (κ2) is 10.3. The van der Waals surface area contributed by atoms with Crippen molar-refractivity contribution in [2.75, 3.05) is 24.7 Å². The van der Waals surface area contributed by atoms with Gasteiger partial charge < -0.3 is 15.4 Å². The van der Waals surface area contributed by atoms with Gasteiger partial charge in [-0.2, -0.15) is 11.8 Å². The molecule has 2 aromatic carbocycles. The van der Waals surface area contributed by atoms with Crippen LogP contribution in [0.15, 0.2) is 36.4 Å². The molecule has 3 nitrogen and oxygen atoms in total. The predicted octanol–water partition coefficient (Wildman–Crippen LogP) is 5.88. The van der Waals surface area contributed by atoms with E-state index in [-0.39, 0.29) is 0 Å². The van der Waals surface area contributed by atoms with Crippen LogP contribution in [0.3, 0.4) is 0 Å². The molecule has 0 spiro atoms. The van der Waals surface area contributed by atoms with Gasteiger partial charge in [-0.25, -0.2) is 0 Å². The van der Waals surface area contributed by atoms with Crippen molar-refractivity contribution < 1.29 is 4.74 Å². The Bertz CT molecular complexity index is 744. The average molecular weight is 436 g/mol. The summed E-state index contributed by atoms with van der Waals surface area (Å²) < 4.78 is 5.12. The van der Waals surface area contributed by atoms with E-state index in [9.17, 15) is 0 Å². The standard InChI is InChI=1S/C17H17Cl3N2OS2/c1-23-16-5-4-13(9-15(16)20)22-17(24)21-6-7-25-10-11-2-3-12(18)8-14(11)19/h2-5,8-9H,6-7,10H2,1H3,(H2,21,22,24). The molecule has 2 rings (SSSR count). The number of ether oxygens (including phenoxy) is 1. The molecule has 0 aliphatic heterocycles. The van der Waals surface area contributed by atoms with E-state index in [1.807, 2.05) is 18.2 Å². The van der Waals surface area contributed by atoms with E-state index in [1.165, 1.54) is 0 Å². The van der Waals surface area contributed by atoms with E-state index in [1.54, 1.807) is 37.1 Å². The van der Waals surface area contributed by atoms with Crippen molar-refractivity contribution in [2.24, 2.45) is 0 Å². The van der Waals surface area contributed by atoms with E-state index < -0.39 is 0 Å². The van der Waals surface area contributed by atoms with E-state index >= 15 is 0 Å². The van der Waals surface area contributed by atoms with E-state index in [0.717, 1.165) is 29.3 Å². The Labute approximate surface area is 172 Å². The van der Waals surface area contributed by atoms with Crippen molar-refractivity contribution in [2.45, 2.75) is 5.75 Å². The largest absolute Gasteiger partial charge is 0.495 e. The Morgan fingerprint density at radius 2 is 1.92 bits per heavy atom. The number of anilines is 1. The first-order valence-electron chi connectivity index (χ1n) is 7.39. The van der Waals surface area contributed by atoms with E-state index in [0.29, 0.717) is 25.9 Å². The number of thiocarbonyl (C=S) groups is 1. The quantitative estimate of drug-likeness (QED) is 0.419. The van der Waals surface area contributed by atoms with Crippen LogP contribution in [-0.4, -0.2) is 24.5 Å². The maximum atomic E-state index is 6.15. The number of benzene rings is 2. The number of halogens is 3. The van der Waals surface area contributed by atoms with Gasteiger partial charge >= 0.3 is 0 Å². The van der Waals surface area contributed by atoms with Crippen molar-refractivity contribution >= 4 is 69.6 Å². The van der Waals surface area contributed by atoms with Gasteiger partial charge in [0.05, 0.1) is 12.1 Å². The molecule has 0 unspecified atom stereocenters. The van der Waals surface area contributed by atoms with Crippen LogP contribution in [0.2, 0.25) is 15.1 Å². The molecular weight excluding hydrogens is 419 g/mol. The number of rotatable bonds is 7. The maximum absolute atomic E-state index is 6.15. The SMILES string of the molecule is COc1ccc(NC(=S)NCCSCc2ccc(Cl)cc2Cl)cc1Cl. The number of hydrogen-bond acceptors (Lipinski definition) is 3. The zero-order valence-corrected chi connectivity index (χ0v) is 17.3. The molecule has 0 heterocycles. The summed E-state index contributed by atoms with van der Waals surface area (Å²) in [6.07, 6.45) is 0. The van der Waals surface area contributed by atoms with Crippen LogP contribution in [-0.2, 0) is 5.75 Å². The minimum Gasteiger partial charge on any atom is -0.495 e. The van der Waals surface area contributed by atoms with Gasteiger partial charge in [-0.1, -0.05) is 40.9 Å². The molecule has 0 atom stereocenters. The van der Waals surface area contributed by atoms with Gasteiger partial charge in [0.1, 0.15) is 5.75 Å². The van der Waals surface area contributed by atoms with Gasteiger partial charge in [0, 0.05) is 33.8 Å². The zero-order chi connectivity index (χ0) is 18.2. The molecule has 8 heteroatoms. The van der Waals surface area contributed by atoms with Crippen LogP contribution in [0.4, 0.5) is 5.69 Å². The molecule has 0 aliphatic carbocycles. The number of thioether (sulfide) groups is 1. The third kappa shape index (κ3) is 6.76. The van der Waals surface area contributed by atoms with Crippen molar-refractivity contribution in [3.05, 3.63) is 57.0 Å². The fraction of sp³-hybridized carbons (Fsp3) is 0.235. The molecule has 0 saturated heterocycles. The van der Waals surface area contributed by atoms with E-state index in [2.05, 4.69) is 10.6 Å². The van der Waals surface area contributed by atoms with Gasteiger partial charge in [-0.05, 0) is 48.1 Å². The third-order valence-corrected chi connectivity index (χ3v) is 5.35. The van der Waals surface area contributed by atoms with Gasteiger partial charge in [0.15, 0.2) is 5.11 Å². The Morgan fingerprint density at radius 3 is 2.60 bits per heavy atom. The first-order chi connectivity index (χ1) is 12.0. The number of hydrogen-bond donors (Lipinski definition) is 2. The lowest BCUT2D eigenvalue weighted by atomic mass is 10.2. The molecule has 0 bridgehead atoms. The Kier molecular flexibility index (Phi) is 8.46. The highest BCUT2D eigenvalue weighted by molar-refractivity contribution is 7.98. The Balaban J connectivity index is 1.69. The minimum absolute atomic E-state index is 0.533. The first-order valence-corrected chi connectivity index (χ1v) is 10.1. The minimum atomic E-state index is 0.533. The van der Waals surface area contributed by atoms with Crippen LogP contribution < -0.4 is 15.4 Å². The fourth-order valence-corrected chi connectivity index (χ4v) is 3.87. The molecule has 0 saturated carbocycles. The summed E-state index contributed by atoms with van der Waals surface area (Å²) in [5.74, 6) is 2.35. The molecule has 2 N–H and O–H groups in total. The highest BCUT2D eigenvalue weighted by Gasteiger charge is 2.04. The molecule has 25 heavy (non-hydrogen) atoms. The van der Waals surface area contributed by atoms with Gasteiger partial charge in [0.25, 0.3) is 0 Å². The summed E-state index contributed by atoms with van der Waals surface area (Å²) in [5.41, 5.74) is 1.88. The van der Waals surface area contributed by atoms with Crippen LogP contribution in [0.25, 0.3) is 0 Å². The number of methoxy groups -OCH3 is 1. The lowest BCUT2D eigenvalue weighted by Crippen LogP contribution is -2.30. The molecule has 134 valence electrons. The van der Waals surface area contributed by atoms with E-state index in [4.69, 9.17) is 51.8 Å². The molecule has 0 amide bonds. The second-order valence-electron chi connectivity index (χ2n) is 5.02. The van der Waals surface area contributed by atoms with Gasteiger partial charge in [-0.3, -0.25) is 0 Å². The zero-order valence-electron chi connectivity index (χ0n) is 13.4. The predicted molar refractivity (Wildman–Crippen MR) is 115 cm³/mol. The normalized spacial score (nSPS) is 10.4. The molecular formula is C17H17Cl3N2OS2. The maximum Gasteiger partial charge on any atom is 0.170 e. The smallest absolute Gasteiger partial charge is 0.170 e. The summed E-state index contributed by atoms with van der Waals surface area (Å²) in [6.45, 7) is 0.742. The number of nitrogens with one attached hydrogen (secondary N) is 2. The van der Waals surface area contributed by atoms with Crippen LogP contribution >= 0.6 is 58.8 Å². The lowest BCUT2D eigenvalue weighted by Gasteiger charge is -2.12. The van der Waals surface area contributed by atoms with Crippen molar-refractivity contribution in [3.63, 3.8) is 0 Å². The van der Waals surface area contributed by atoms with Gasteiger partial charge in [-0.15, -0.1) is 0 Å². The highest BCUT2D eigenvalue weighted by Crippen LogP contribution is 2.27. The second-order valence-corrected chi connectivity index (χ2v) is 7.78. The van der Waals surface area contributed by atoms with Crippen LogP contribution in [0, 0.1) is 0 Å². The summed E-state index contributed by atoms with van der Waals surface area (Å²) in [4.78, 5) is 0. The summed E-state index contributed by atoms with van der Waals surface area (Å²) in [5, 5.41) is 8.68.